The van der Waals surface area contributed by atoms with E-state index in [9.17, 15) is 18.0 Å². The predicted octanol–water partition coefficient (Wildman–Crippen LogP) is 3.08. The minimum absolute atomic E-state index is 0.0383. The van der Waals surface area contributed by atoms with E-state index in [-0.39, 0.29) is 28.9 Å². The molecule has 1 amide bonds. The largest absolute Gasteiger partial charge is 0.476 e. The second-order valence-electron chi connectivity index (χ2n) is 11.0. The maximum Gasteiger partial charge on any atom is 0.416 e. The van der Waals surface area contributed by atoms with Crippen LogP contribution in [0.5, 0.6) is 5.88 Å². The molecule has 0 unspecified atom stereocenters. The van der Waals surface area contributed by atoms with Gasteiger partial charge in [0.25, 0.3) is 5.91 Å². The van der Waals surface area contributed by atoms with Crippen LogP contribution in [0.1, 0.15) is 32.7 Å². The van der Waals surface area contributed by atoms with E-state index in [1.807, 2.05) is 11.9 Å². The van der Waals surface area contributed by atoms with E-state index in [2.05, 4.69) is 31.8 Å². The smallest absolute Gasteiger partial charge is 0.416 e. The number of hydrogen-bond acceptors (Lipinski definition) is 8. The zero-order chi connectivity index (χ0) is 30.8. The number of likely N-dealkylation sites (N-methyl/N-ethyl adjacent to an activating group) is 1. The number of benzene rings is 1. The molecule has 2 N–H and O–H groups in total. The minimum Gasteiger partial charge on any atom is -0.476 e. The van der Waals surface area contributed by atoms with E-state index in [1.165, 1.54) is 18.3 Å². The van der Waals surface area contributed by atoms with Crippen molar-refractivity contribution in [3.63, 3.8) is 0 Å². The zero-order valence-corrected chi connectivity index (χ0v) is 24.0. The van der Waals surface area contributed by atoms with Gasteiger partial charge in [-0.25, -0.2) is 9.50 Å². The van der Waals surface area contributed by atoms with Gasteiger partial charge in [0, 0.05) is 62.0 Å². The fraction of sp³-hybridized carbons (Fsp3) is 0.355. The van der Waals surface area contributed by atoms with Gasteiger partial charge in [0.1, 0.15) is 5.69 Å². The van der Waals surface area contributed by atoms with Gasteiger partial charge in [-0.05, 0) is 36.7 Å². The second-order valence-corrected chi connectivity index (χ2v) is 11.0. The summed E-state index contributed by atoms with van der Waals surface area (Å²) >= 11 is 0. The summed E-state index contributed by atoms with van der Waals surface area (Å²) in [5.41, 5.74) is 6.58. The monoisotopic (exact) mass is 605 g/mol. The third-order valence-electron chi connectivity index (χ3n) is 7.68. The van der Waals surface area contributed by atoms with E-state index in [0.29, 0.717) is 61.6 Å². The molecule has 6 rings (SSSR count). The fourth-order valence-electron chi connectivity index (χ4n) is 5.06. The van der Waals surface area contributed by atoms with Crippen LogP contribution in [0, 0.1) is 17.8 Å². The highest BCUT2D eigenvalue weighted by Crippen LogP contribution is 2.36. The summed E-state index contributed by atoms with van der Waals surface area (Å²) in [6.07, 6.45) is -1.64. The van der Waals surface area contributed by atoms with Crippen LogP contribution in [0.4, 0.5) is 13.2 Å². The number of primary amides is 1. The number of pyridine rings is 1. The molecule has 0 bridgehead atoms. The van der Waals surface area contributed by atoms with Crippen LogP contribution in [-0.2, 0) is 17.5 Å². The van der Waals surface area contributed by atoms with Crippen molar-refractivity contribution < 1.29 is 27.4 Å². The Balaban J connectivity index is 1.27. The van der Waals surface area contributed by atoms with Gasteiger partial charge in [-0.2, -0.15) is 13.2 Å². The molecule has 2 aliphatic rings. The third-order valence-corrected chi connectivity index (χ3v) is 7.68. The number of hydrogen-bond donors (Lipinski definition) is 1. The average molecular weight is 606 g/mol. The topological polar surface area (TPSA) is 111 Å². The van der Waals surface area contributed by atoms with E-state index in [4.69, 9.17) is 15.2 Å². The molecule has 0 spiro atoms. The van der Waals surface area contributed by atoms with Crippen molar-refractivity contribution in [2.75, 3.05) is 53.0 Å². The van der Waals surface area contributed by atoms with Crippen LogP contribution in [0.25, 0.3) is 16.9 Å². The number of nitrogens with two attached hydrogens (primary N) is 1. The normalized spacial score (nSPS) is 16.4. The number of carbonyl (C=O) groups excluding carboxylic acids is 1. The van der Waals surface area contributed by atoms with Gasteiger partial charge in [-0.1, -0.05) is 18.1 Å². The Labute approximate surface area is 251 Å². The minimum atomic E-state index is -4.59. The van der Waals surface area contributed by atoms with E-state index in [1.54, 1.807) is 28.9 Å². The first-order valence-corrected chi connectivity index (χ1v) is 14.1. The molecule has 1 aromatic carbocycles. The molecule has 44 heavy (non-hydrogen) atoms. The van der Waals surface area contributed by atoms with E-state index < -0.39 is 17.6 Å². The molecule has 13 heteroatoms. The highest BCUT2D eigenvalue weighted by atomic mass is 19.4. The molecular formula is C31H30F3N7O3. The highest BCUT2D eigenvalue weighted by molar-refractivity contribution is 5.99. The van der Waals surface area contributed by atoms with Crippen molar-refractivity contribution in [1.29, 1.82) is 0 Å². The summed E-state index contributed by atoms with van der Waals surface area (Å²) in [6.45, 7) is 4.94. The van der Waals surface area contributed by atoms with Crippen LogP contribution in [-0.4, -0.2) is 88.3 Å². The maximum absolute atomic E-state index is 14.2. The molecule has 228 valence electrons. The van der Waals surface area contributed by atoms with Gasteiger partial charge in [0.05, 0.1) is 42.8 Å². The highest BCUT2D eigenvalue weighted by Gasteiger charge is 2.34. The molecular weight excluding hydrogens is 575 g/mol. The first kappa shape index (κ1) is 29.6. The molecule has 5 heterocycles. The van der Waals surface area contributed by atoms with Crippen molar-refractivity contribution in [2.24, 2.45) is 11.7 Å². The van der Waals surface area contributed by atoms with E-state index in [0.717, 1.165) is 19.2 Å². The summed E-state index contributed by atoms with van der Waals surface area (Å²) in [4.78, 5) is 25.2. The standard InChI is InChI=1S/C31H30F3N7O3/c1-39-8-10-40(11-9-39)16-23-4-3-22(13-26(23)31(32,33)34)29-25(30(35)42)12-20(14-37-29)2-5-24-15-36-27-6-7-28(38-41(24)27)44-19-21-17-43-18-21/h3-4,6-7,12-15,21H,8-11,16-19H2,1H3,(H2,35,42). The lowest BCUT2D eigenvalue weighted by Gasteiger charge is -2.33. The van der Waals surface area contributed by atoms with Gasteiger partial charge >= 0.3 is 6.18 Å². The van der Waals surface area contributed by atoms with E-state index >= 15 is 0 Å². The second kappa shape index (κ2) is 12.2. The number of ether oxygens (including phenoxy) is 2. The van der Waals surface area contributed by atoms with Crippen LogP contribution >= 0.6 is 0 Å². The average Bonchev–Trinajstić information content (AvgIpc) is 3.38. The molecule has 3 aromatic heterocycles. The van der Waals surface area contributed by atoms with Crippen LogP contribution < -0.4 is 10.5 Å². The molecule has 2 aliphatic heterocycles. The molecule has 0 atom stereocenters. The number of alkyl halides is 3. The SMILES string of the molecule is CN1CCN(Cc2ccc(-c3ncc(C#Cc4cnc5ccc(OCC6COC6)nn45)cc3C(N)=O)cc2C(F)(F)F)CC1. The van der Waals surface area contributed by atoms with Crippen molar-refractivity contribution in [2.45, 2.75) is 12.7 Å². The predicted molar refractivity (Wildman–Crippen MR) is 155 cm³/mol. The Bertz CT molecular complexity index is 1750. The Hall–Kier alpha value is -4.51. The fourth-order valence-corrected chi connectivity index (χ4v) is 5.06. The lowest BCUT2D eigenvalue weighted by Crippen LogP contribution is -2.44. The summed E-state index contributed by atoms with van der Waals surface area (Å²) in [5, 5.41) is 4.45. The molecule has 0 saturated carbocycles. The summed E-state index contributed by atoms with van der Waals surface area (Å²) in [5.74, 6) is 5.81. The molecule has 0 radical (unpaired) electrons. The van der Waals surface area contributed by atoms with Gasteiger partial charge in [0.2, 0.25) is 5.88 Å². The summed E-state index contributed by atoms with van der Waals surface area (Å²) < 4.78 is 55.0. The Morgan fingerprint density at radius 3 is 2.57 bits per heavy atom. The Kier molecular flexibility index (Phi) is 8.22. The van der Waals surface area contributed by atoms with Gasteiger partial charge < -0.3 is 20.1 Å². The molecule has 0 aliphatic carbocycles. The number of halogens is 3. The molecule has 10 nitrogen and oxygen atoms in total. The van der Waals surface area contributed by atoms with Crippen molar-refractivity contribution >= 4 is 11.6 Å². The number of carbonyl (C=O) groups is 1. The first-order chi connectivity index (χ1) is 21.1. The number of imidazole rings is 1. The van der Waals surface area contributed by atoms with Crippen LogP contribution in [0.2, 0.25) is 0 Å². The number of fused-ring (bicyclic) bond motifs is 1. The number of aromatic nitrogens is 4. The molecule has 4 aromatic rings. The first-order valence-electron chi connectivity index (χ1n) is 14.1. The number of nitrogens with zero attached hydrogens (tertiary/aromatic N) is 6. The summed E-state index contributed by atoms with van der Waals surface area (Å²) in [7, 11) is 1.99. The quantitative estimate of drug-likeness (QED) is 0.320. The van der Waals surface area contributed by atoms with Gasteiger partial charge in [0.15, 0.2) is 5.65 Å². The summed E-state index contributed by atoms with van der Waals surface area (Å²) in [6, 6.07) is 8.94. The van der Waals surface area contributed by atoms with Crippen molar-refractivity contribution in [1.82, 2.24) is 29.4 Å². The van der Waals surface area contributed by atoms with Crippen molar-refractivity contribution in [3.8, 4) is 29.0 Å². The lowest BCUT2D eigenvalue weighted by molar-refractivity contribution is -0.138. The van der Waals surface area contributed by atoms with Crippen molar-refractivity contribution in [3.05, 3.63) is 76.7 Å². The van der Waals surface area contributed by atoms with Gasteiger partial charge in [-0.3, -0.25) is 14.7 Å². The van der Waals surface area contributed by atoms with Gasteiger partial charge in [-0.15, -0.1) is 5.10 Å². The molecule has 2 saturated heterocycles. The zero-order valence-electron chi connectivity index (χ0n) is 24.0. The maximum atomic E-state index is 14.2. The Morgan fingerprint density at radius 1 is 1.07 bits per heavy atom. The lowest BCUT2D eigenvalue weighted by atomic mass is 9.97. The third kappa shape index (κ3) is 6.52. The Morgan fingerprint density at radius 2 is 1.86 bits per heavy atom. The number of piperazine rings is 1. The molecule has 2 fully saturated rings. The van der Waals surface area contributed by atoms with Crippen LogP contribution in [0.3, 0.4) is 0 Å². The number of rotatable bonds is 7. The van der Waals surface area contributed by atoms with Crippen LogP contribution in [0.15, 0.2) is 48.8 Å². The number of amides is 1.